The Balaban J connectivity index is 1.30. The summed E-state index contributed by atoms with van der Waals surface area (Å²) in [7, 11) is 0. The van der Waals surface area contributed by atoms with Crippen LogP contribution in [0.25, 0.3) is 98.6 Å². The minimum atomic E-state index is 0.828. The van der Waals surface area contributed by atoms with Crippen molar-refractivity contribution in [3.05, 3.63) is 134 Å². The molecule has 7 aromatic carbocycles. The third kappa shape index (κ3) is 3.14. The largest absolute Gasteiger partial charge is 0.464 e. The summed E-state index contributed by atoms with van der Waals surface area (Å²) in [5, 5.41) is 10.3. The summed E-state index contributed by atoms with van der Waals surface area (Å²) in [5.74, 6) is 0. The van der Waals surface area contributed by atoms with Gasteiger partial charge in [-0.15, -0.1) is 0 Å². The Morgan fingerprint density at radius 2 is 1.02 bits per heavy atom. The van der Waals surface area contributed by atoms with Crippen LogP contribution in [-0.4, -0.2) is 0 Å². The summed E-state index contributed by atoms with van der Waals surface area (Å²) >= 11 is 0. The maximum absolute atomic E-state index is 6.63. The quantitative estimate of drug-likeness (QED) is 0.201. The van der Waals surface area contributed by atoms with Crippen molar-refractivity contribution in [3.63, 3.8) is 0 Å². The van der Waals surface area contributed by atoms with Crippen LogP contribution in [0.15, 0.2) is 147 Å². The normalized spacial score (nSPS) is 12.2. The highest BCUT2D eigenvalue weighted by Crippen LogP contribution is 2.47. The van der Waals surface area contributed by atoms with Crippen molar-refractivity contribution in [3.8, 4) is 22.3 Å². The first-order valence-corrected chi connectivity index (χ1v) is 14.5. The van der Waals surface area contributed by atoms with Crippen LogP contribution in [0.2, 0.25) is 0 Å². The first kappa shape index (κ1) is 22.8. The molecular weight excluding hydrogens is 528 g/mol. The molecule has 0 atom stereocenters. The molecular formula is C40H22O3. The van der Waals surface area contributed by atoms with E-state index >= 15 is 0 Å². The van der Waals surface area contributed by atoms with E-state index in [1.165, 1.54) is 32.7 Å². The number of hydrogen-bond donors (Lipinski definition) is 0. The third-order valence-corrected chi connectivity index (χ3v) is 8.94. The van der Waals surface area contributed by atoms with E-state index in [0.717, 1.165) is 66.0 Å². The monoisotopic (exact) mass is 550 g/mol. The smallest absolute Gasteiger partial charge is 0.143 e. The molecule has 0 bridgehead atoms. The lowest BCUT2D eigenvalue weighted by molar-refractivity contribution is 0.613. The van der Waals surface area contributed by atoms with Crippen molar-refractivity contribution in [1.29, 1.82) is 0 Å². The highest BCUT2D eigenvalue weighted by molar-refractivity contribution is 6.25. The molecule has 0 saturated carbocycles. The first-order chi connectivity index (χ1) is 21.3. The molecule has 3 heteroatoms. The molecule has 0 unspecified atom stereocenters. The van der Waals surface area contributed by atoms with Crippen LogP contribution in [0.5, 0.6) is 0 Å². The highest BCUT2D eigenvalue weighted by Gasteiger charge is 2.21. The maximum Gasteiger partial charge on any atom is 0.143 e. The second-order valence-corrected chi connectivity index (χ2v) is 11.2. The molecule has 0 fully saturated rings. The van der Waals surface area contributed by atoms with Gasteiger partial charge in [0.05, 0.1) is 6.26 Å². The van der Waals surface area contributed by atoms with E-state index in [0.29, 0.717) is 0 Å². The number of para-hydroxylation sites is 2. The summed E-state index contributed by atoms with van der Waals surface area (Å²) in [6, 6.07) is 44.9. The zero-order chi connectivity index (χ0) is 28.1. The van der Waals surface area contributed by atoms with Gasteiger partial charge in [0.1, 0.15) is 27.9 Å². The average Bonchev–Trinajstić information content (AvgIpc) is 3.77. The lowest BCUT2D eigenvalue weighted by Crippen LogP contribution is -1.91. The minimum Gasteiger partial charge on any atom is -0.464 e. The van der Waals surface area contributed by atoms with Gasteiger partial charge in [0.15, 0.2) is 0 Å². The third-order valence-electron chi connectivity index (χ3n) is 8.94. The molecule has 43 heavy (non-hydrogen) atoms. The molecule has 0 aliphatic rings. The van der Waals surface area contributed by atoms with Crippen molar-refractivity contribution in [2.45, 2.75) is 0 Å². The molecule has 0 aliphatic heterocycles. The fraction of sp³-hybridized carbons (Fsp3) is 0. The van der Waals surface area contributed by atoms with Gasteiger partial charge in [-0.1, -0.05) is 91.0 Å². The van der Waals surface area contributed by atoms with E-state index in [2.05, 4.69) is 103 Å². The van der Waals surface area contributed by atoms with Crippen LogP contribution < -0.4 is 0 Å². The van der Waals surface area contributed by atoms with Gasteiger partial charge < -0.3 is 13.3 Å². The van der Waals surface area contributed by atoms with E-state index in [1.807, 2.05) is 24.3 Å². The van der Waals surface area contributed by atoms with Crippen molar-refractivity contribution in [1.82, 2.24) is 0 Å². The van der Waals surface area contributed by atoms with E-state index in [1.54, 1.807) is 6.26 Å². The van der Waals surface area contributed by atoms with E-state index < -0.39 is 0 Å². The highest BCUT2D eigenvalue weighted by atomic mass is 16.3. The lowest BCUT2D eigenvalue weighted by Gasteiger charge is -2.17. The predicted octanol–water partition coefficient (Wildman–Crippen LogP) is 11.9. The fourth-order valence-corrected chi connectivity index (χ4v) is 7.06. The number of rotatable bonds is 2. The molecule has 10 rings (SSSR count). The lowest BCUT2D eigenvalue weighted by atomic mass is 9.85. The van der Waals surface area contributed by atoms with Gasteiger partial charge in [-0.05, 0) is 63.0 Å². The molecule has 200 valence electrons. The minimum absolute atomic E-state index is 0.828. The van der Waals surface area contributed by atoms with Gasteiger partial charge in [0, 0.05) is 44.1 Å². The fourth-order valence-electron chi connectivity index (χ4n) is 7.06. The Kier molecular flexibility index (Phi) is 4.45. The van der Waals surface area contributed by atoms with Gasteiger partial charge in [0.25, 0.3) is 0 Å². The van der Waals surface area contributed by atoms with Crippen molar-refractivity contribution < 1.29 is 13.3 Å². The number of hydrogen-bond acceptors (Lipinski definition) is 3. The topological polar surface area (TPSA) is 39.4 Å². The molecule has 0 radical (unpaired) electrons. The first-order valence-electron chi connectivity index (χ1n) is 14.5. The number of furan rings is 3. The SMILES string of the molecule is c1ccc2c(c1)oc1cc(-c3c4ccccc4c(-c4cccc5c4oc4cc6occc6cc45)c4ccccc34)ccc12. The Morgan fingerprint density at radius 1 is 0.372 bits per heavy atom. The molecule has 10 aromatic rings. The van der Waals surface area contributed by atoms with Gasteiger partial charge in [-0.25, -0.2) is 0 Å². The Labute approximate surface area is 245 Å². The molecule has 3 nitrogen and oxygen atoms in total. The zero-order valence-corrected chi connectivity index (χ0v) is 22.9. The van der Waals surface area contributed by atoms with Crippen molar-refractivity contribution in [2.24, 2.45) is 0 Å². The average molecular weight is 551 g/mol. The summed E-state index contributed by atoms with van der Waals surface area (Å²) in [4.78, 5) is 0. The molecule has 0 N–H and O–H groups in total. The molecule has 0 spiro atoms. The van der Waals surface area contributed by atoms with Crippen LogP contribution in [0.4, 0.5) is 0 Å². The maximum atomic E-state index is 6.63. The molecule has 3 aromatic heterocycles. The zero-order valence-electron chi connectivity index (χ0n) is 22.9. The summed E-state index contributed by atoms with van der Waals surface area (Å²) < 4.78 is 18.6. The second kappa shape index (κ2) is 8.37. The summed E-state index contributed by atoms with van der Waals surface area (Å²) in [5.41, 5.74) is 8.94. The van der Waals surface area contributed by atoms with Crippen LogP contribution in [0.3, 0.4) is 0 Å². The van der Waals surface area contributed by atoms with Gasteiger partial charge in [0.2, 0.25) is 0 Å². The van der Waals surface area contributed by atoms with E-state index in [4.69, 9.17) is 13.3 Å². The van der Waals surface area contributed by atoms with Crippen LogP contribution in [0.1, 0.15) is 0 Å². The number of fused-ring (bicyclic) bond motifs is 9. The van der Waals surface area contributed by atoms with Crippen LogP contribution in [0, 0.1) is 0 Å². The summed E-state index contributed by atoms with van der Waals surface area (Å²) in [6.45, 7) is 0. The van der Waals surface area contributed by atoms with Crippen LogP contribution in [-0.2, 0) is 0 Å². The molecule has 0 saturated heterocycles. The van der Waals surface area contributed by atoms with E-state index in [-0.39, 0.29) is 0 Å². The predicted molar refractivity (Wildman–Crippen MR) is 177 cm³/mol. The van der Waals surface area contributed by atoms with Crippen molar-refractivity contribution >= 4 is 76.4 Å². The Hall–Kier alpha value is -5.80. The van der Waals surface area contributed by atoms with Gasteiger partial charge in [-0.3, -0.25) is 0 Å². The van der Waals surface area contributed by atoms with Crippen molar-refractivity contribution in [2.75, 3.05) is 0 Å². The Morgan fingerprint density at radius 3 is 1.81 bits per heavy atom. The molecule has 3 heterocycles. The Bertz CT molecular complexity index is 2680. The standard InChI is InChI=1S/C40H22O3/c1-3-11-29-27(9-1)38(24-16-17-26-25-8-5-6-15-34(25)42-36(26)21-24)28-10-2-4-12-30(28)39(29)32-14-7-13-31-33-20-23-18-19-41-35(23)22-37(33)43-40(31)32/h1-22H. The molecule has 0 aliphatic carbocycles. The van der Waals surface area contributed by atoms with Gasteiger partial charge >= 0.3 is 0 Å². The number of benzene rings is 7. The summed E-state index contributed by atoms with van der Waals surface area (Å²) in [6.07, 6.45) is 1.73. The second-order valence-electron chi connectivity index (χ2n) is 11.2. The molecule has 0 amide bonds. The van der Waals surface area contributed by atoms with E-state index in [9.17, 15) is 0 Å². The van der Waals surface area contributed by atoms with Crippen LogP contribution >= 0.6 is 0 Å². The van der Waals surface area contributed by atoms with Gasteiger partial charge in [-0.2, -0.15) is 0 Å².